The molecule has 0 radical (unpaired) electrons. The maximum atomic E-state index is 13.7. The molecule has 1 aliphatic heterocycles. The number of furan rings is 1. The Labute approximate surface area is 198 Å². The molecule has 0 N–H and O–H groups in total. The molecule has 0 spiro atoms. The van der Waals surface area contributed by atoms with Crippen molar-refractivity contribution in [2.45, 2.75) is 38.6 Å². The van der Waals surface area contributed by atoms with E-state index >= 15 is 0 Å². The summed E-state index contributed by atoms with van der Waals surface area (Å²) in [6, 6.07) is 14.3. The number of amides is 1. The van der Waals surface area contributed by atoms with Crippen LogP contribution in [0, 0.1) is 12.7 Å². The second-order valence-electron chi connectivity index (χ2n) is 8.13. The summed E-state index contributed by atoms with van der Waals surface area (Å²) in [7, 11) is 0. The van der Waals surface area contributed by atoms with Crippen LogP contribution >= 0.6 is 27.3 Å². The maximum Gasteiger partial charge on any atom is 0.274 e. The van der Waals surface area contributed by atoms with Crippen LogP contribution in [0.25, 0.3) is 21.4 Å². The SMILES string of the molecule is Cc1nc(C(=O)N2CCCC[C@H]2Cc2cc3c(Br)cccc3o2)c(-c2ccc(F)cc2)s1. The van der Waals surface area contributed by atoms with Crippen LogP contribution in [0.15, 0.2) is 57.4 Å². The Morgan fingerprint density at radius 2 is 2.06 bits per heavy atom. The van der Waals surface area contributed by atoms with Gasteiger partial charge in [-0.15, -0.1) is 11.3 Å². The van der Waals surface area contributed by atoms with E-state index in [-0.39, 0.29) is 17.8 Å². The number of rotatable bonds is 4. The van der Waals surface area contributed by atoms with Gasteiger partial charge in [0, 0.05) is 28.9 Å². The number of likely N-dealkylation sites (tertiary alicyclic amines) is 1. The van der Waals surface area contributed by atoms with Gasteiger partial charge in [-0.3, -0.25) is 4.79 Å². The second kappa shape index (κ2) is 8.79. The Bertz CT molecular complexity index is 1280. The highest BCUT2D eigenvalue weighted by atomic mass is 79.9. The number of piperidine rings is 1. The standard InChI is InChI=1S/C25H22BrFN2O2S/c1-15-28-23(24(32-15)16-8-10-17(27)11-9-16)25(30)29-12-3-2-5-18(29)13-19-14-20-21(26)6-4-7-22(20)31-19/h4,6-11,14,18H,2-3,5,12-13H2,1H3/t18-/m0/s1. The maximum absolute atomic E-state index is 13.7. The molecule has 3 heterocycles. The molecule has 164 valence electrons. The molecule has 0 unspecified atom stereocenters. The summed E-state index contributed by atoms with van der Waals surface area (Å²) in [4.78, 5) is 21.0. The fraction of sp³-hybridized carbons (Fsp3) is 0.280. The second-order valence-corrected chi connectivity index (χ2v) is 10.2. The molecule has 0 bridgehead atoms. The van der Waals surface area contributed by atoms with Crippen molar-refractivity contribution < 1.29 is 13.6 Å². The first-order valence-corrected chi connectivity index (χ1v) is 12.3. The molecule has 0 aliphatic carbocycles. The number of thiazole rings is 1. The minimum Gasteiger partial charge on any atom is -0.461 e. The van der Waals surface area contributed by atoms with Crippen LogP contribution in [0.4, 0.5) is 4.39 Å². The highest BCUT2D eigenvalue weighted by Crippen LogP contribution is 2.34. The van der Waals surface area contributed by atoms with Crippen LogP contribution in [-0.4, -0.2) is 28.4 Å². The van der Waals surface area contributed by atoms with Gasteiger partial charge in [0.05, 0.1) is 9.88 Å². The van der Waals surface area contributed by atoms with E-state index in [0.29, 0.717) is 18.7 Å². The first-order valence-electron chi connectivity index (χ1n) is 10.7. The number of hydrogen-bond donors (Lipinski definition) is 0. The van der Waals surface area contributed by atoms with Crippen molar-refractivity contribution >= 4 is 44.1 Å². The normalized spacial score (nSPS) is 16.6. The number of fused-ring (bicyclic) bond motifs is 1. The monoisotopic (exact) mass is 512 g/mol. The van der Waals surface area contributed by atoms with Gasteiger partial charge in [0.15, 0.2) is 0 Å². The largest absolute Gasteiger partial charge is 0.461 e. The van der Waals surface area contributed by atoms with E-state index in [9.17, 15) is 9.18 Å². The van der Waals surface area contributed by atoms with E-state index in [1.54, 1.807) is 12.1 Å². The van der Waals surface area contributed by atoms with Crippen molar-refractivity contribution in [3.63, 3.8) is 0 Å². The quantitative estimate of drug-likeness (QED) is 0.295. The minimum absolute atomic E-state index is 0.0543. The zero-order valence-electron chi connectivity index (χ0n) is 17.6. The lowest BCUT2D eigenvalue weighted by Crippen LogP contribution is -2.45. The van der Waals surface area contributed by atoms with Gasteiger partial charge < -0.3 is 9.32 Å². The lowest BCUT2D eigenvalue weighted by atomic mass is 9.97. The molecule has 32 heavy (non-hydrogen) atoms. The number of hydrogen-bond acceptors (Lipinski definition) is 4. The summed E-state index contributed by atoms with van der Waals surface area (Å²) in [5.74, 6) is 0.525. The van der Waals surface area contributed by atoms with Crippen LogP contribution in [0.2, 0.25) is 0 Å². The summed E-state index contributed by atoms with van der Waals surface area (Å²) in [5, 5.41) is 1.87. The number of aryl methyl sites for hydroxylation is 1. The Balaban J connectivity index is 1.44. The molecule has 1 fully saturated rings. The average molecular weight is 513 g/mol. The Morgan fingerprint density at radius 3 is 2.84 bits per heavy atom. The fourth-order valence-electron chi connectivity index (χ4n) is 4.40. The smallest absolute Gasteiger partial charge is 0.274 e. The molecule has 7 heteroatoms. The third kappa shape index (κ3) is 4.11. The number of nitrogens with zero attached hydrogens (tertiary/aromatic N) is 2. The van der Waals surface area contributed by atoms with Crippen molar-refractivity contribution in [1.29, 1.82) is 0 Å². The van der Waals surface area contributed by atoms with Crippen molar-refractivity contribution in [3.05, 3.63) is 75.3 Å². The summed E-state index contributed by atoms with van der Waals surface area (Å²) in [5.41, 5.74) is 2.12. The predicted molar refractivity (Wildman–Crippen MR) is 129 cm³/mol. The summed E-state index contributed by atoms with van der Waals surface area (Å²) in [6.45, 7) is 2.60. The van der Waals surface area contributed by atoms with E-state index < -0.39 is 0 Å². The molecule has 1 atom stereocenters. The first-order chi connectivity index (χ1) is 15.5. The number of carbonyl (C=O) groups is 1. The summed E-state index contributed by atoms with van der Waals surface area (Å²) in [6.07, 6.45) is 3.66. The van der Waals surface area contributed by atoms with Crippen LogP contribution in [0.5, 0.6) is 0 Å². The lowest BCUT2D eigenvalue weighted by molar-refractivity contribution is 0.0603. The third-order valence-electron chi connectivity index (χ3n) is 5.93. The van der Waals surface area contributed by atoms with Crippen LogP contribution in [0.1, 0.15) is 40.5 Å². The molecule has 2 aromatic carbocycles. The van der Waals surface area contributed by atoms with E-state index in [2.05, 4.69) is 27.0 Å². The highest BCUT2D eigenvalue weighted by molar-refractivity contribution is 9.10. The summed E-state index contributed by atoms with van der Waals surface area (Å²) < 4.78 is 20.5. The summed E-state index contributed by atoms with van der Waals surface area (Å²) >= 11 is 5.05. The molecule has 5 rings (SSSR count). The third-order valence-corrected chi connectivity index (χ3v) is 7.64. The predicted octanol–water partition coefficient (Wildman–Crippen LogP) is 7.00. The highest BCUT2D eigenvalue weighted by Gasteiger charge is 2.31. The number of carbonyl (C=O) groups excluding carboxylic acids is 1. The van der Waals surface area contributed by atoms with Crippen LogP contribution in [0.3, 0.4) is 0 Å². The van der Waals surface area contributed by atoms with Gasteiger partial charge in [-0.1, -0.05) is 34.1 Å². The van der Waals surface area contributed by atoms with Crippen LogP contribution in [-0.2, 0) is 6.42 Å². The first kappa shape index (κ1) is 21.3. The topological polar surface area (TPSA) is 46.3 Å². The molecule has 1 aliphatic rings. The van der Waals surface area contributed by atoms with Gasteiger partial charge in [-0.2, -0.15) is 0 Å². The molecule has 4 nitrogen and oxygen atoms in total. The molecular formula is C25H22BrFN2O2S. The van der Waals surface area contributed by atoms with Gasteiger partial charge in [-0.25, -0.2) is 9.37 Å². The van der Waals surface area contributed by atoms with E-state index in [4.69, 9.17) is 4.42 Å². The Morgan fingerprint density at radius 1 is 1.25 bits per heavy atom. The molecule has 0 saturated carbocycles. The van der Waals surface area contributed by atoms with Gasteiger partial charge >= 0.3 is 0 Å². The van der Waals surface area contributed by atoms with Crippen molar-refractivity contribution in [2.75, 3.05) is 6.54 Å². The van der Waals surface area contributed by atoms with Gasteiger partial charge in [-0.05, 0) is 62.1 Å². The zero-order valence-corrected chi connectivity index (χ0v) is 20.0. The number of aromatic nitrogens is 1. The molecular weight excluding hydrogens is 491 g/mol. The van der Waals surface area contributed by atoms with E-state index in [0.717, 1.165) is 55.9 Å². The number of halogens is 2. The van der Waals surface area contributed by atoms with Gasteiger partial charge in [0.2, 0.25) is 0 Å². The molecule has 1 saturated heterocycles. The van der Waals surface area contributed by atoms with Crippen molar-refractivity contribution in [1.82, 2.24) is 9.88 Å². The van der Waals surface area contributed by atoms with E-state index in [1.165, 1.54) is 23.5 Å². The average Bonchev–Trinajstić information content (AvgIpc) is 3.38. The fourth-order valence-corrected chi connectivity index (χ4v) is 5.77. The van der Waals surface area contributed by atoms with Crippen LogP contribution < -0.4 is 0 Å². The lowest BCUT2D eigenvalue weighted by Gasteiger charge is -2.35. The molecule has 2 aromatic heterocycles. The Hall–Kier alpha value is -2.51. The van der Waals surface area contributed by atoms with Gasteiger partial charge in [0.25, 0.3) is 5.91 Å². The minimum atomic E-state index is -0.295. The molecule has 1 amide bonds. The zero-order chi connectivity index (χ0) is 22.2. The molecule has 4 aromatic rings. The van der Waals surface area contributed by atoms with Crippen molar-refractivity contribution in [3.8, 4) is 10.4 Å². The van der Waals surface area contributed by atoms with E-state index in [1.807, 2.05) is 30.0 Å². The van der Waals surface area contributed by atoms with Gasteiger partial charge in [0.1, 0.15) is 22.9 Å². The Kier molecular flexibility index (Phi) is 5.86. The number of benzene rings is 2. The van der Waals surface area contributed by atoms with Crippen molar-refractivity contribution in [2.24, 2.45) is 0 Å².